The first-order valence-electron chi connectivity index (χ1n) is 12.4. The summed E-state index contributed by atoms with van der Waals surface area (Å²) in [5.41, 5.74) is 10.6. The van der Waals surface area contributed by atoms with Crippen LogP contribution in [0.3, 0.4) is 0 Å². The Kier molecular flexibility index (Phi) is 7.32. The third-order valence-electron chi connectivity index (χ3n) is 6.46. The second-order valence-corrected chi connectivity index (χ2v) is 9.69. The fourth-order valence-electron chi connectivity index (χ4n) is 4.49. The summed E-state index contributed by atoms with van der Waals surface area (Å²) in [5.74, 6) is 2.65. The van der Waals surface area contributed by atoms with Gasteiger partial charge in [-0.05, 0) is 47.5 Å². The first-order valence-corrected chi connectivity index (χ1v) is 12.7. The molecule has 1 aliphatic rings. The maximum atomic E-state index is 6.58. The Balaban J connectivity index is 1.35. The van der Waals surface area contributed by atoms with Crippen LogP contribution in [0.5, 0.6) is 5.75 Å². The van der Waals surface area contributed by atoms with E-state index >= 15 is 0 Å². The van der Waals surface area contributed by atoms with E-state index in [1.54, 1.807) is 0 Å². The van der Waals surface area contributed by atoms with Crippen molar-refractivity contribution < 1.29 is 4.74 Å². The van der Waals surface area contributed by atoms with Crippen LogP contribution < -0.4 is 25.2 Å². The van der Waals surface area contributed by atoms with E-state index < -0.39 is 0 Å². The van der Waals surface area contributed by atoms with Crippen molar-refractivity contribution in [2.24, 2.45) is 0 Å². The van der Waals surface area contributed by atoms with Crippen molar-refractivity contribution >= 4 is 34.9 Å². The molecule has 0 aliphatic carbocycles. The van der Waals surface area contributed by atoms with Crippen LogP contribution in [0.25, 0.3) is 11.1 Å². The van der Waals surface area contributed by atoms with Crippen LogP contribution in [-0.4, -0.2) is 50.2 Å². The predicted molar refractivity (Wildman–Crippen MR) is 153 cm³/mol. The number of anilines is 4. The molecule has 5 rings (SSSR count). The van der Waals surface area contributed by atoms with E-state index in [0.717, 1.165) is 59.5 Å². The van der Waals surface area contributed by atoms with Gasteiger partial charge in [-0.3, -0.25) is 0 Å². The van der Waals surface area contributed by atoms with E-state index in [9.17, 15) is 0 Å². The zero-order valence-electron chi connectivity index (χ0n) is 21.1. The molecular weight excluding hydrogens is 484 g/mol. The van der Waals surface area contributed by atoms with Crippen LogP contribution in [0.1, 0.15) is 5.56 Å². The lowest BCUT2D eigenvalue weighted by Crippen LogP contribution is -2.47. The molecule has 0 spiro atoms. The van der Waals surface area contributed by atoms with E-state index in [2.05, 4.69) is 21.9 Å². The standard InChI is InChI=1S/C29H31ClN6O/c1-34(2)28-26(22-9-6-10-25(19-22)37-20-21-7-4-3-5-8-21)27(31)32-29(33-28)36-17-15-35(16-18-36)24-13-11-23(30)12-14-24/h3-14,19H,15-18,20H2,1-2H3,(H2,31,32,33). The normalized spacial score (nSPS) is 13.5. The number of nitrogens with two attached hydrogens (primary N) is 1. The number of benzene rings is 3. The second kappa shape index (κ2) is 11.0. The highest BCUT2D eigenvalue weighted by molar-refractivity contribution is 6.30. The van der Waals surface area contributed by atoms with Crippen LogP contribution in [0, 0.1) is 0 Å². The average molecular weight is 515 g/mol. The van der Waals surface area contributed by atoms with Gasteiger partial charge in [-0.25, -0.2) is 0 Å². The van der Waals surface area contributed by atoms with E-state index in [1.807, 2.05) is 85.7 Å². The van der Waals surface area contributed by atoms with Gasteiger partial charge >= 0.3 is 0 Å². The van der Waals surface area contributed by atoms with Gasteiger partial charge in [-0.15, -0.1) is 0 Å². The molecule has 1 fully saturated rings. The summed E-state index contributed by atoms with van der Waals surface area (Å²) in [4.78, 5) is 16.2. The molecule has 8 heteroatoms. The molecule has 1 saturated heterocycles. The maximum absolute atomic E-state index is 6.58. The van der Waals surface area contributed by atoms with Crippen LogP contribution in [0.15, 0.2) is 78.9 Å². The molecule has 2 heterocycles. The van der Waals surface area contributed by atoms with Gasteiger partial charge in [0.25, 0.3) is 0 Å². The Morgan fingerprint density at radius 1 is 0.865 bits per heavy atom. The molecule has 2 N–H and O–H groups in total. The van der Waals surface area contributed by atoms with E-state index in [-0.39, 0.29) is 0 Å². The number of aromatic nitrogens is 2. The van der Waals surface area contributed by atoms with Crippen molar-refractivity contribution in [1.29, 1.82) is 0 Å². The number of ether oxygens (including phenoxy) is 1. The minimum Gasteiger partial charge on any atom is -0.489 e. The lowest BCUT2D eigenvalue weighted by molar-refractivity contribution is 0.306. The molecule has 0 saturated carbocycles. The number of halogens is 1. The number of rotatable bonds is 7. The van der Waals surface area contributed by atoms with Crippen LogP contribution in [-0.2, 0) is 6.61 Å². The molecule has 0 bridgehead atoms. The topological polar surface area (TPSA) is 70.8 Å². The lowest BCUT2D eigenvalue weighted by atomic mass is 10.1. The van der Waals surface area contributed by atoms with Crippen molar-refractivity contribution in [3.05, 3.63) is 89.4 Å². The third kappa shape index (κ3) is 5.73. The summed E-state index contributed by atoms with van der Waals surface area (Å²) in [6.45, 7) is 3.83. The number of hydrogen-bond donors (Lipinski definition) is 1. The van der Waals surface area contributed by atoms with Gasteiger partial charge in [-0.1, -0.05) is 54.1 Å². The fraction of sp³-hybridized carbons (Fsp3) is 0.241. The lowest BCUT2D eigenvalue weighted by Gasteiger charge is -2.36. The zero-order valence-corrected chi connectivity index (χ0v) is 21.9. The molecule has 0 atom stereocenters. The van der Waals surface area contributed by atoms with E-state index in [4.69, 9.17) is 32.0 Å². The zero-order chi connectivity index (χ0) is 25.8. The second-order valence-electron chi connectivity index (χ2n) is 9.25. The highest BCUT2D eigenvalue weighted by atomic mass is 35.5. The van der Waals surface area contributed by atoms with E-state index in [1.165, 1.54) is 5.69 Å². The summed E-state index contributed by atoms with van der Waals surface area (Å²) in [6, 6.07) is 26.0. The molecule has 0 radical (unpaired) electrons. The van der Waals surface area contributed by atoms with Gasteiger partial charge in [0.15, 0.2) is 0 Å². The van der Waals surface area contributed by atoms with Crippen LogP contribution in [0.4, 0.5) is 23.3 Å². The van der Waals surface area contributed by atoms with Crippen molar-refractivity contribution in [3.63, 3.8) is 0 Å². The SMILES string of the molecule is CN(C)c1nc(N2CCN(c3ccc(Cl)cc3)CC2)nc(N)c1-c1cccc(OCc2ccccc2)c1. The van der Waals surface area contributed by atoms with Gasteiger partial charge in [0.2, 0.25) is 5.95 Å². The molecule has 4 aromatic rings. The molecule has 3 aromatic carbocycles. The van der Waals surface area contributed by atoms with Gasteiger partial charge in [0.05, 0.1) is 5.56 Å². The van der Waals surface area contributed by atoms with Crippen molar-refractivity contribution in [2.45, 2.75) is 6.61 Å². The summed E-state index contributed by atoms with van der Waals surface area (Å²) < 4.78 is 6.05. The third-order valence-corrected chi connectivity index (χ3v) is 6.71. The highest BCUT2D eigenvalue weighted by Gasteiger charge is 2.23. The molecule has 7 nitrogen and oxygen atoms in total. The fourth-order valence-corrected chi connectivity index (χ4v) is 4.62. The summed E-state index contributed by atoms with van der Waals surface area (Å²) in [7, 11) is 3.95. The number of hydrogen-bond acceptors (Lipinski definition) is 7. The Labute approximate surface area is 223 Å². The molecule has 1 aliphatic heterocycles. The molecule has 0 amide bonds. The van der Waals surface area contributed by atoms with Crippen molar-refractivity contribution in [3.8, 4) is 16.9 Å². The van der Waals surface area contributed by atoms with Crippen molar-refractivity contribution in [2.75, 3.05) is 60.7 Å². The smallest absolute Gasteiger partial charge is 0.229 e. The summed E-state index contributed by atoms with van der Waals surface area (Å²) in [6.07, 6.45) is 0. The number of nitrogen functional groups attached to an aromatic ring is 1. The first-order chi connectivity index (χ1) is 18.0. The quantitative estimate of drug-likeness (QED) is 0.356. The Bertz CT molecular complexity index is 1340. The largest absolute Gasteiger partial charge is 0.489 e. The van der Waals surface area contributed by atoms with Gasteiger partial charge in [0.1, 0.15) is 24.0 Å². The average Bonchev–Trinajstić information content (AvgIpc) is 2.93. The molecular formula is C29H31ClN6O. The van der Waals surface area contributed by atoms with Crippen molar-refractivity contribution in [1.82, 2.24) is 9.97 Å². The van der Waals surface area contributed by atoms with Gasteiger partial charge < -0.3 is 25.2 Å². The highest BCUT2D eigenvalue weighted by Crippen LogP contribution is 2.36. The monoisotopic (exact) mass is 514 g/mol. The Morgan fingerprint density at radius 2 is 1.57 bits per heavy atom. The van der Waals surface area contributed by atoms with Gasteiger partial charge in [-0.2, -0.15) is 9.97 Å². The minimum atomic E-state index is 0.453. The maximum Gasteiger partial charge on any atom is 0.229 e. The molecule has 0 unspecified atom stereocenters. The minimum absolute atomic E-state index is 0.453. The van der Waals surface area contributed by atoms with Gasteiger partial charge in [0, 0.05) is 51.0 Å². The summed E-state index contributed by atoms with van der Waals surface area (Å²) in [5, 5.41) is 0.746. The number of piperazine rings is 1. The Morgan fingerprint density at radius 3 is 2.27 bits per heavy atom. The Hall–Kier alpha value is -3.97. The predicted octanol–water partition coefficient (Wildman–Crippen LogP) is 5.35. The molecule has 190 valence electrons. The summed E-state index contributed by atoms with van der Waals surface area (Å²) >= 11 is 6.05. The molecule has 1 aromatic heterocycles. The molecule has 37 heavy (non-hydrogen) atoms. The van der Waals surface area contributed by atoms with Crippen LogP contribution in [0.2, 0.25) is 5.02 Å². The van der Waals surface area contributed by atoms with E-state index in [0.29, 0.717) is 18.4 Å². The van der Waals surface area contributed by atoms with Crippen LogP contribution >= 0.6 is 11.6 Å². The first kappa shape index (κ1) is 24.7. The number of nitrogens with zero attached hydrogens (tertiary/aromatic N) is 5.